The number of halogens is 2. The van der Waals surface area contributed by atoms with Crippen molar-refractivity contribution in [2.24, 2.45) is 5.41 Å². The number of rotatable bonds is 5. The number of esters is 1. The average molecular weight is 380 g/mol. The van der Waals surface area contributed by atoms with Gasteiger partial charge in [-0.25, -0.2) is 8.78 Å². The molecular weight excluding hydrogens is 354 g/mol. The molecule has 2 aliphatic rings. The molecule has 2 aliphatic heterocycles. The van der Waals surface area contributed by atoms with Gasteiger partial charge in [-0.3, -0.25) is 14.5 Å². The van der Waals surface area contributed by atoms with Crippen LogP contribution < -0.4 is 0 Å². The van der Waals surface area contributed by atoms with E-state index in [0.29, 0.717) is 24.9 Å². The summed E-state index contributed by atoms with van der Waals surface area (Å²) in [7, 11) is 1.40. The van der Waals surface area contributed by atoms with E-state index >= 15 is 0 Å². The predicted octanol–water partition coefficient (Wildman–Crippen LogP) is 2.73. The van der Waals surface area contributed by atoms with Crippen molar-refractivity contribution < 1.29 is 23.1 Å². The number of carbonyl (C=O) groups excluding carboxylic acids is 2. The number of nitrogens with zero attached hydrogens (tertiary/aromatic N) is 2. The summed E-state index contributed by atoms with van der Waals surface area (Å²) in [6, 6.07) is 3.13. The van der Waals surface area contributed by atoms with Crippen molar-refractivity contribution in [3.63, 3.8) is 0 Å². The number of ether oxygens (including phenoxy) is 1. The number of benzene rings is 1. The molecule has 3 rings (SSSR count). The maximum atomic E-state index is 13.4. The number of amides is 1. The Kier molecular flexibility index (Phi) is 5.79. The van der Waals surface area contributed by atoms with Crippen LogP contribution in [0.5, 0.6) is 0 Å². The van der Waals surface area contributed by atoms with Crippen LogP contribution in [0.3, 0.4) is 0 Å². The van der Waals surface area contributed by atoms with Crippen LogP contribution in [0.2, 0.25) is 0 Å². The zero-order valence-electron chi connectivity index (χ0n) is 15.8. The van der Waals surface area contributed by atoms with Crippen LogP contribution in [0.4, 0.5) is 8.78 Å². The minimum atomic E-state index is -0.631. The van der Waals surface area contributed by atoms with Crippen LogP contribution in [0.1, 0.15) is 38.2 Å². The predicted molar refractivity (Wildman–Crippen MR) is 95.7 cm³/mol. The van der Waals surface area contributed by atoms with E-state index in [2.05, 4.69) is 4.90 Å². The maximum absolute atomic E-state index is 13.4. The lowest BCUT2D eigenvalue weighted by Gasteiger charge is -2.41. The van der Waals surface area contributed by atoms with Gasteiger partial charge in [-0.2, -0.15) is 0 Å². The minimum Gasteiger partial charge on any atom is -0.468 e. The Morgan fingerprint density at radius 1 is 1.22 bits per heavy atom. The summed E-state index contributed by atoms with van der Waals surface area (Å²) in [4.78, 5) is 28.3. The Morgan fingerprint density at radius 2 is 1.85 bits per heavy atom. The molecule has 1 aromatic rings. The molecule has 0 saturated carbocycles. The fourth-order valence-electron chi connectivity index (χ4n) is 4.40. The molecule has 0 aliphatic carbocycles. The number of piperidine rings is 1. The Bertz CT molecular complexity index is 697. The summed E-state index contributed by atoms with van der Waals surface area (Å²) >= 11 is 0. The van der Waals surface area contributed by atoms with Gasteiger partial charge in [0.15, 0.2) is 0 Å². The zero-order valence-corrected chi connectivity index (χ0v) is 15.8. The first-order chi connectivity index (χ1) is 12.9. The van der Waals surface area contributed by atoms with E-state index in [-0.39, 0.29) is 29.9 Å². The lowest BCUT2D eigenvalue weighted by molar-refractivity contribution is -0.148. The molecule has 1 atom stereocenters. The highest BCUT2D eigenvalue weighted by Crippen LogP contribution is 2.42. The molecule has 1 spiro atoms. The molecular formula is C20H26F2N2O3. The molecule has 5 nitrogen and oxygen atoms in total. The van der Waals surface area contributed by atoms with Gasteiger partial charge in [-0.15, -0.1) is 0 Å². The van der Waals surface area contributed by atoms with Crippen LogP contribution in [0.15, 0.2) is 18.2 Å². The average Bonchev–Trinajstić information content (AvgIpc) is 2.91. The van der Waals surface area contributed by atoms with Crippen LogP contribution >= 0.6 is 0 Å². The van der Waals surface area contributed by atoms with Crippen LogP contribution in [-0.4, -0.2) is 54.5 Å². The van der Waals surface area contributed by atoms with Crippen LogP contribution in [0, 0.1) is 17.0 Å². The van der Waals surface area contributed by atoms with E-state index in [1.54, 1.807) is 4.90 Å². The molecule has 27 heavy (non-hydrogen) atoms. The van der Waals surface area contributed by atoms with Gasteiger partial charge in [0.25, 0.3) is 0 Å². The molecule has 0 radical (unpaired) electrons. The molecule has 1 amide bonds. The second-order valence-corrected chi connectivity index (χ2v) is 7.69. The van der Waals surface area contributed by atoms with Crippen LogP contribution in [0.25, 0.3) is 0 Å². The van der Waals surface area contributed by atoms with Crippen molar-refractivity contribution in [1.29, 1.82) is 0 Å². The molecule has 2 saturated heterocycles. The largest absolute Gasteiger partial charge is 0.468 e. The van der Waals surface area contributed by atoms with E-state index in [0.717, 1.165) is 32.0 Å². The van der Waals surface area contributed by atoms with Crippen molar-refractivity contribution in [2.75, 3.05) is 26.7 Å². The lowest BCUT2D eigenvalue weighted by atomic mass is 9.77. The van der Waals surface area contributed by atoms with E-state index in [1.807, 2.05) is 6.92 Å². The minimum absolute atomic E-state index is 0.0214. The Morgan fingerprint density at radius 3 is 2.41 bits per heavy atom. The van der Waals surface area contributed by atoms with Gasteiger partial charge in [-0.1, -0.05) is 6.92 Å². The monoisotopic (exact) mass is 380 g/mol. The molecule has 0 bridgehead atoms. The molecule has 0 N–H and O–H groups in total. The third-order valence-corrected chi connectivity index (χ3v) is 5.86. The summed E-state index contributed by atoms with van der Waals surface area (Å²) in [6.45, 7) is 4.25. The number of carbonyl (C=O) groups is 2. The standard InChI is InChI=1S/C20H26F2N2O3/c1-3-17(19(26)27-2)23-6-4-20(5-7-23)11-18(25)24(13-20)12-14-8-15(21)10-16(22)9-14/h8-10,17H,3-7,11-13H2,1-2H3/t17-/m1/s1. The molecule has 0 aromatic heterocycles. The first kappa shape index (κ1) is 19.7. The summed E-state index contributed by atoms with van der Waals surface area (Å²) in [6.07, 6.45) is 2.78. The van der Waals surface area contributed by atoms with E-state index in [1.165, 1.54) is 19.2 Å². The SMILES string of the molecule is CC[C@H](C(=O)OC)N1CCC2(CC1)CC(=O)N(Cc1cc(F)cc(F)c1)C2. The third-order valence-electron chi connectivity index (χ3n) is 5.86. The van der Waals surface area contributed by atoms with Gasteiger partial charge in [0.1, 0.15) is 17.7 Å². The highest BCUT2D eigenvalue weighted by molar-refractivity contribution is 5.79. The fraction of sp³-hybridized carbons (Fsp3) is 0.600. The van der Waals surface area contributed by atoms with Gasteiger partial charge < -0.3 is 9.64 Å². The summed E-state index contributed by atoms with van der Waals surface area (Å²) in [5.41, 5.74) is 0.348. The quantitative estimate of drug-likeness (QED) is 0.737. The Hall–Kier alpha value is -2.02. The zero-order chi connectivity index (χ0) is 19.6. The second-order valence-electron chi connectivity index (χ2n) is 7.69. The maximum Gasteiger partial charge on any atom is 0.323 e. The normalized spacial score (nSPS) is 20.9. The van der Waals surface area contributed by atoms with Crippen LogP contribution in [-0.2, 0) is 20.9 Å². The molecule has 7 heteroatoms. The Balaban J connectivity index is 1.63. The van der Waals surface area contributed by atoms with E-state index in [4.69, 9.17) is 4.74 Å². The molecule has 148 valence electrons. The second kappa shape index (κ2) is 7.92. The smallest absolute Gasteiger partial charge is 0.323 e. The van der Waals surface area contributed by atoms with Crippen molar-refractivity contribution >= 4 is 11.9 Å². The number of hydrogen-bond acceptors (Lipinski definition) is 4. The van der Waals surface area contributed by atoms with Crippen molar-refractivity contribution in [3.8, 4) is 0 Å². The lowest BCUT2D eigenvalue weighted by Crippen LogP contribution is -2.49. The number of methoxy groups -OCH3 is 1. The Labute approximate surface area is 158 Å². The fourth-order valence-corrected chi connectivity index (χ4v) is 4.40. The summed E-state index contributed by atoms with van der Waals surface area (Å²) in [5.74, 6) is -1.46. The van der Waals surface area contributed by atoms with E-state index in [9.17, 15) is 18.4 Å². The van der Waals surface area contributed by atoms with Gasteiger partial charge in [0.2, 0.25) is 5.91 Å². The van der Waals surface area contributed by atoms with Gasteiger partial charge >= 0.3 is 5.97 Å². The summed E-state index contributed by atoms with van der Waals surface area (Å²) in [5, 5.41) is 0. The molecule has 1 aromatic carbocycles. The number of likely N-dealkylation sites (tertiary alicyclic amines) is 2. The molecule has 2 heterocycles. The van der Waals surface area contributed by atoms with Gasteiger partial charge in [0.05, 0.1) is 7.11 Å². The van der Waals surface area contributed by atoms with Gasteiger partial charge in [-0.05, 0) is 55.5 Å². The van der Waals surface area contributed by atoms with Gasteiger partial charge in [0, 0.05) is 25.6 Å². The van der Waals surface area contributed by atoms with Crippen molar-refractivity contribution in [1.82, 2.24) is 9.80 Å². The highest BCUT2D eigenvalue weighted by Gasteiger charge is 2.46. The first-order valence-electron chi connectivity index (χ1n) is 9.40. The number of hydrogen-bond donors (Lipinski definition) is 0. The molecule has 2 fully saturated rings. The highest BCUT2D eigenvalue weighted by atomic mass is 19.1. The molecule has 0 unspecified atom stereocenters. The third kappa shape index (κ3) is 4.29. The topological polar surface area (TPSA) is 49.9 Å². The van der Waals surface area contributed by atoms with Crippen molar-refractivity contribution in [2.45, 2.75) is 45.2 Å². The summed E-state index contributed by atoms with van der Waals surface area (Å²) < 4.78 is 31.7. The first-order valence-corrected chi connectivity index (χ1v) is 9.40. The van der Waals surface area contributed by atoms with Crippen molar-refractivity contribution in [3.05, 3.63) is 35.4 Å². The van der Waals surface area contributed by atoms with E-state index < -0.39 is 11.6 Å².